The van der Waals surface area contributed by atoms with Crippen LogP contribution in [0.4, 0.5) is 0 Å². The molecule has 0 bridgehead atoms. The van der Waals surface area contributed by atoms with Gasteiger partial charge in [0.1, 0.15) is 0 Å². The Hall–Kier alpha value is -0.730. The lowest BCUT2D eigenvalue weighted by atomic mass is 10.0. The van der Waals surface area contributed by atoms with Gasteiger partial charge in [0.05, 0.1) is 0 Å². The third-order valence-electron chi connectivity index (χ3n) is 1.99. The molecule has 0 saturated heterocycles. The molecule has 0 radical (unpaired) electrons. The van der Waals surface area contributed by atoms with E-state index in [2.05, 4.69) is 19.2 Å². The first-order chi connectivity index (χ1) is 6.25. The van der Waals surface area contributed by atoms with E-state index in [1.807, 2.05) is 30.3 Å². The van der Waals surface area contributed by atoms with Crippen LogP contribution in [0.3, 0.4) is 0 Å². The second-order valence-corrected chi connectivity index (χ2v) is 3.61. The van der Waals surface area contributed by atoms with Crippen LogP contribution in [-0.2, 0) is 0 Å². The maximum atomic E-state index is 5.46. The second-order valence-electron chi connectivity index (χ2n) is 2.98. The van der Waals surface area contributed by atoms with E-state index in [9.17, 15) is 0 Å². The van der Waals surface area contributed by atoms with E-state index in [0.29, 0.717) is 6.54 Å². The van der Waals surface area contributed by atoms with Crippen molar-refractivity contribution in [1.29, 1.82) is 0 Å². The zero-order valence-corrected chi connectivity index (χ0v) is 8.50. The van der Waals surface area contributed by atoms with E-state index in [1.54, 1.807) is 0 Å². The summed E-state index contributed by atoms with van der Waals surface area (Å²) < 4.78 is 0. The summed E-state index contributed by atoms with van der Waals surface area (Å²) in [7, 11) is 0. The lowest BCUT2D eigenvalue weighted by Crippen LogP contribution is -2.09. The van der Waals surface area contributed by atoms with E-state index in [4.69, 9.17) is 5.73 Å². The molecule has 2 N–H and O–H groups in total. The Morgan fingerprint density at radius 3 is 2.54 bits per heavy atom. The van der Waals surface area contributed by atoms with Crippen LogP contribution in [0.1, 0.15) is 12.0 Å². The molecule has 1 nitrogen and oxygen atoms in total. The molecule has 1 aromatic carbocycles. The van der Waals surface area contributed by atoms with Crippen molar-refractivity contribution < 1.29 is 0 Å². The first kappa shape index (κ1) is 10.4. The minimum absolute atomic E-state index is 0.174. The molecule has 0 saturated carbocycles. The third kappa shape index (κ3) is 2.90. The van der Waals surface area contributed by atoms with Crippen LogP contribution in [0.5, 0.6) is 0 Å². The summed E-state index contributed by atoms with van der Waals surface area (Å²) in [5.74, 6) is 0. The van der Waals surface area contributed by atoms with Crippen LogP contribution < -0.4 is 5.73 Å². The van der Waals surface area contributed by atoms with Crippen molar-refractivity contribution >= 4 is 18.2 Å². The number of benzene rings is 1. The molecule has 0 heterocycles. The van der Waals surface area contributed by atoms with Crippen molar-refractivity contribution in [1.82, 2.24) is 0 Å². The lowest BCUT2D eigenvalue weighted by molar-refractivity contribution is 0.882. The average molecular weight is 193 g/mol. The summed E-state index contributed by atoms with van der Waals surface area (Å²) in [6.07, 6.45) is 0.872. The van der Waals surface area contributed by atoms with Gasteiger partial charge < -0.3 is 5.73 Å². The molecule has 1 aromatic rings. The smallest absolute Gasteiger partial charge is 0.0279 e. The number of hydrogen-bond acceptors (Lipinski definition) is 2. The summed E-state index contributed by atoms with van der Waals surface area (Å²) in [6.45, 7) is 4.66. The molecular formula is C11H15NS. The molecule has 1 rings (SSSR count). The van der Waals surface area contributed by atoms with Gasteiger partial charge >= 0.3 is 0 Å². The number of rotatable bonds is 4. The largest absolute Gasteiger partial charge is 0.330 e. The van der Waals surface area contributed by atoms with Crippen molar-refractivity contribution in [2.24, 2.45) is 5.73 Å². The predicted octanol–water partition coefficient (Wildman–Crippen LogP) is 2.35. The Kier molecular flexibility index (Phi) is 4.06. The molecule has 0 aliphatic heterocycles. The Morgan fingerprint density at radius 2 is 2.00 bits per heavy atom. The highest BCUT2D eigenvalue weighted by Gasteiger charge is 2.07. The molecule has 70 valence electrons. The Labute approximate surface area is 85.1 Å². The molecular weight excluding hydrogens is 178 g/mol. The monoisotopic (exact) mass is 193 g/mol. The van der Waals surface area contributed by atoms with E-state index in [0.717, 1.165) is 17.6 Å². The van der Waals surface area contributed by atoms with Gasteiger partial charge in [0, 0.05) is 5.25 Å². The summed E-state index contributed by atoms with van der Waals surface area (Å²) in [4.78, 5) is 0. The summed E-state index contributed by atoms with van der Waals surface area (Å²) in [5, 5.41) is 0.174. The van der Waals surface area contributed by atoms with Gasteiger partial charge in [-0.05, 0) is 24.1 Å². The average Bonchev–Trinajstić information content (AvgIpc) is 2.18. The number of hydrogen-bond donors (Lipinski definition) is 2. The zero-order valence-electron chi connectivity index (χ0n) is 7.61. The molecule has 0 aliphatic carbocycles. The highest BCUT2D eigenvalue weighted by molar-refractivity contribution is 7.81. The van der Waals surface area contributed by atoms with Crippen molar-refractivity contribution in [2.75, 3.05) is 6.54 Å². The fourth-order valence-electron chi connectivity index (χ4n) is 1.18. The standard InChI is InChI=1S/C11H15NS/c1-9(11(13)7-8-12)10-5-3-2-4-6-10/h2-6,11,13H,1,7-8,12H2. The van der Waals surface area contributed by atoms with Crippen molar-refractivity contribution in [2.45, 2.75) is 11.7 Å². The van der Waals surface area contributed by atoms with Crippen molar-refractivity contribution in [3.8, 4) is 0 Å². The fraction of sp³-hybridized carbons (Fsp3) is 0.273. The van der Waals surface area contributed by atoms with Crippen LogP contribution in [0.2, 0.25) is 0 Å². The van der Waals surface area contributed by atoms with E-state index < -0.39 is 0 Å². The van der Waals surface area contributed by atoms with Gasteiger partial charge in [-0.25, -0.2) is 0 Å². The summed E-state index contributed by atoms with van der Waals surface area (Å²) in [6, 6.07) is 10.1. The molecule has 0 aromatic heterocycles. The first-order valence-electron chi connectivity index (χ1n) is 4.38. The molecule has 1 unspecified atom stereocenters. The highest BCUT2D eigenvalue weighted by atomic mass is 32.1. The van der Waals surface area contributed by atoms with E-state index in [1.165, 1.54) is 0 Å². The number of nitrogens with two attached hydrogens (primary N) is 1. The quantitative estimate of drug-likeness (QED) is 0.705. The Morgan fingerprint density at radius 1 is 1.38 bits per heavy atom. The highest BCUT2D eigenvalue weighted by Crippen LogP contribution is 2.21. The topological polar surface area (TPSA) is 26.0 Å². The minimum atomic E-state index is 0.174. The minimum Gasteiger partial charge on any atom is -0.330 e. The number of thiol groups is 1. The lowest BCUT2D eigenvalue weighted by Gasteiger charge is -2.12. The third-order valence-corrected chi connectivity index (χ3v) is 2.56. The summed E-state index contributed by atoms with van der Waals surface area (Å²) >= 11 is 4.44. The van der Waals surface area contributed by atoms with Gasteiger partial charge in [0.15, 0.2) is 0 Å². The fourth-order valence-corrected chi connectivity index (χ4v) is 1.47. The molecule has 2 heteroatoms. The van der Waals surface area contributed by atoms with Gasteiger partial charge in [-0.15, -0.1) is 0 Å². The van der Waals surface area contributed by atoms with Crippen LogP contribution >= 0.6 is 12.6 Å². The van der Waals surface area contributed by atoms with Crippen molar-refractivity contribution in [3.63, 3.8) is 0 Å². The van der Waals surface area contributed by atoms with Gasteiger partial charge in [0.2, 0.25) is 0 Å². The van der Waals surface area contributed by atoms with Gasteiger partial charge in [-0.2, -0.15) is 12.6 Å². The van der Waals surface area contributed by atoms with Crippen LogP contribution in [-0.4, -0.2) is 11.8 Å². The normalized spacial score (nSPS) is 12.5. The molecule has 0 spiro atoms. The molecule has 0 aliphatic rings. The van der Waals surface area contributed by atoms with Gasteiger partial charge in [0.25, 0.3) is 0 Å². The maximum Gasteiger partial charge on any atom is 0.0279 e. The second kappa shape index (κ2) is 5.10. The van der Waals surface area contributed by atoms with Gasteiger partial charge in [-0.3, -0.25) is 0 Å². The van der Waals surface area contributed by atoms with Crippen LogP contribution in [0.15, 0.2) is 36.9 Å². The Balaban J connectivity index is 2.68. The molecule has 0 fully saturated rings. The predicted molar refractivity (Wildman–Crippen MR) is 61.9 cm³/mol. The van der Waals surface area contributed by atoms with E-state index >= 15 is 0 Å². The first-order valence-corrected chi connectivity index (χ1v) is 4.89. The molecule has 0 amide bonds. The van der Waals surface area contributed by atoms with Crippen LogP contribution in [0, 0.1) is 0 Å². The van der Waals surface area contributed by atoms with E-state index in [-0.39, 0.29) is 5.25 Å². The van der Waals surface area contributed by atoms with Crippen molar-refractivity contribution in [3.05, 3.63) is 42.5 Å². The summed E-state index contributed by atoms with van der Waals surface area (Å²) in [5.41, 5.74) is 7.65. The molecule has 1 atom stereocenters. The zero-order chi connectivity index (χ0) is 9.68. The Bertz CT molecular complexity index is 269. The maximum absolute atomic E-state index is 5.46. The van der Waals surface area contributed by atoms with Gasteiger partial charge in [-0.1, -0.05) is 36.9 Å². The molecule has 13 heavy (non-hydrogen) atoms. The van der Waals surface area contributed by atoms with Crippen LogP contribution in [0.25, 0.3) is 5.57 Å². The SMILES string of the molecule is C=C(c1ccccc1)C(S)CCN.